The Morgan fingerprint density at radius 1 is 1.21 bits per heavy atom. The number of hydrogen-bond donors (Lipinski definition) is 2. The minimum Gasteiger partial charge on any atom is -0.395 e. The highest BCUT2D eigenvalue weighted by atomic mass is 19.1. The van der Waals surface area contributed by atoms with Crippen LogP contribution in [0.5, 0.6) is 0 Å². The Hall–Kier alpha value is -2.28. The first-order chi connectivity index (χ1) is 13.7. The van der Waals surface area contributed by atoms with Crippen molar-refractivity contribution >= 4 is 5.91 Å². The fourth-order valence-electron chi connectivity index (χ4n) is 4.10. The second kappa shape index (κ2) is 8.39. The molecular weight excluding hydrogens is 359 g/mol. The molecule has 2 heterocycles. The van der Waals surface area contributed by atoms with E-state index >= 15 is 0 Å². The lowest BCUT2D eigenvalue weighted by Crippen LogP contribution is -2.46. The van der Waals surface area contributed by atoms with E-state index in [1.165, 1.54) is 17.7 Å². The summed E-state index contributed by atoms with van der Waals surface area (Å²) in [5.74, 6) is -0.344. The Morgan fingerprint density at radius 2 is 2.00 bits per heavy atom. The van der Waals surface area contributed by atoms with Gasteiger partial charge in [-0.2, -0.15) is 0 Å². The molecule has 2 aromatic carbocycles. The number of nitrogens with one attached hydrogen (secondary N) is 1. The van der Waals surface area contributed by atoms with Crippen LogP contribution in [0.2, 0.25) is 0 Å². The molecule has 2 aliphatic heterocycles. The van der Waals surface area contributed by atoms with Crippen LogP contribution in [0.15, 0.2) is 48.5 Å². The van der Waals surface area contributed by atoms with Gasteiger partial charge in [-0.25, -0.2) is 4.39 Å². The number of rotatable bonds is 3. The van der Waals surface area contributed by atoms with Crippen molar-refractivity contribution in [2.45, 2.75) is 31.0 Å². The first-order valence-electron chi connectivity index (χ1n) is 9.77. The second-order valence-electron chi connectivity index (χ2n) is 7.38. The number of benzene rings is 2. The lowest BCUT2D eigenvalue weighted by molar-refractivity contribution is -0.146. The Labute approximate surface area is 164 Å². The van der Waals surface area contributed by atoms with E-state index in [1.54, 1.807) is 12.1 Å². The predicted molar refractivity (Wildman–Crippen MR) is 103 cm³/mol. The van der Waals surface area contributed by atoms with Crippen LogP contribution in [0.4, 0.5) is 4.39 Å². The number of aliphatic hydroxyl groups is 1. The van der Waals surface area contributed by atoms with E-state index < -0.39 is 6.10 Å². The van der Waals surface area contributed by atoms with Crippen LogP contribution in [0.25, 0.3) is 0 Å². The highest BCUT2D eigenvalue weighted by Gasteiger charge is 2.36. The van der Waals surface area contributed by atoms with Gasteiger partial charge in [0, 0.05) is 6.54 Å². The van der Waals surface area contributed by atoms with Crippen molar-refractivity contribution in [3.05, 3.63) is 71.0 Å². The van der Waals surface area contributed by atoms with Gasteiger partial charge in [0.1, 0.15) is 11.9 Å². The summed E-state index contributed by atoms with van der Waals surface area (Å²) in [6.07, 6.45) is 0.797. The average Bonchev–Trinajstić information content (AvgIpc) is 2.99. The van der Waals surface area contributed by atoms with Crippen molar-refractivity contribution in [2.24, 2.45) is 0 Å². The quantitative estimate of drug-likeness (QED) is 0.850. The van der Waals surface area contributed by atoms with Gasteiger partial charge >= 0.3 is 0 Å². The van der Waals surface area contributed by atoms with Gasteiger partial charge in [-0.05, 0) is 48.2 Å². The van der Waals surface area contributed by atoms with Crippen molar-refractivity contribution in [3.8, 4) is 0 Å². The van der Waals surface area contributed by atoms with Crippen molar-refractivity contribution in [2.75, 3.05) is 26.3 Å². The van der Waals surface area contributed by atoms with Crippen LogP contribution in [-0.2, 0) is 16.0 Å². The Bertz CT molecular complexity index is 827. The third-order valence-corrected chi connectivity index (χ3v) is 5.59. The SMILES string of the molecule is O=C([C@H]1CCN[C@H](CO)CO1)N1CCc2ccccc2[C@@H]1c1ccc(F)cc1. The summed E-state index contributed by atoms with van der Waals surface area (Å²) in [5, 5.41) is 12.5. The summed E-state index contributed by atoms with van der Waals surface area (Å²) in [5.41, 5.74) is 3.18. The van der Waals surface area contributed by atoms with E-state index in [-0.39, 0.29) is 30.4 Å². The van der Waals surface area contributed by atoms with Crippen LogP contribution in [-0.4, -0.2) is 54.4 Å². The highest BCUT2D eigenvalue weighted by Crippen LogP contribution is 2.36. The molecule has 5 nitrogen and oxygen atoms in total. The number of ether oxygens (including phenoxy) is 1. The smallest absolute Gasteiger partial charge is 0.252 e. The van der Waals surface area contributed by atoms with Gasteiger partial charge in [0.15, 0.2) is 0 Å². The maximum atomic E-state index is 13.5. The summed E-state index contributed by atoms with van der Waals surface area (Å²) < 4.78 is 19.3. The molecule has 0 bridgehead atoms. The first-order valence-corrected chi connectivity index (χ1v) is 9.77. The van der Waals surface area contributed by atoms with E-state index in [1.807, 2.05) is 23.1 Å². The molecule has 0 saturated carbocycles. The van der Waals surface area contributed by atoms with Crippen LogP contribution < -0.4 is 5.32 Å². The third kappa shape index (κ3) is 3.81. The number of fused-ring (bicyclic) bond motifs is 1. The van der Waals surface area contributed by atoms with Crippen molar-refractivity contribution in [1.29, 1.82) is 0 Å². The standard InChI is InChI=1S/C22H25FN2O3/c23-17-7-5-16(6-8-17)21-19-4-2-1-3-15(19)10-12-25(21)22(27)20-9-11-24-18(13-26)14-28-20/h1-8,18,20-21,24,26H,9-14H2/t18-,20-,21+/m1/s1. The molecule has 0 radical (unpaired) electrons. The zero-order valence-electron chi connectivity index (χ0n) is 15.7. The number of hydrogen-bond acceptors (Lipinski definition) is 4. The van der Waals surface area contributed by atoms with Crippen LogP contribution in [0.1, 0.15) is 29.2 Å². The molecule has 4 rings (SSSR count). The monoisotopic (exact) mass is 384 g/mol. The van der Waals surface area contributed by atoms with Gasteiger partial charge in [-0.15, -0.1) is 0 Å². The number of amides is 1. The lowest BCUT2D eigenvalue weighted by Gasteiger charge is -2.39. The Balaban J connectivity index is 1.65. The second-order valence-corrected chi connectivity index (χ2v) is 7.38. The predicted octanol–water partition coefficient (Wildman–Crippen LogP) is 2.04. The van der Waals surface area contributed by atoms with E-state index in [9.17, 15) is 14.3 Å². The summed E-state index contributed by atoms with van der Waals surface area (Å²) >= 11 is 0. The molecule has 0 aromatic heterocycles. The van der Waals surface area contributed by atoms with Gasteiger partial charge < -0.3 is 20.1 Å². The number of aliphatic hydroxyl groups excluding tert-OH is 1. The molecule has 2 aliphatic rings. The Morgan fingerprint density at radius 3 is 2.79 bits per heavy atom. The molecule has 3 atom stereocenters. The Kier molecular flexibility index (Phi) is 5.71. The van der Waals surface area contributed by atoms with E-state index in [2.05, 4.69) is 11.4 Å². The number of carbonyl (C=O) groups is 1. The summed E-state index contributed by atoms with van der Waals surface area (Å²) in [6.45, 7) is 1.50. The van der Waals surface area contributed by atoms with Gasteiger partial charge in [-0.1, -0.05) is 36.4 Å². The average molecular weight is 384 g/mol. The minimum atomic E-state index is -0.544. The molecule has 1 saturated heterocycles. The minimum absolute atomic E-state index is 0.0177. The van der Waals surface area contributed by atoms with Gasteiger partial charge in [0.25, 0.3) is 5.91 Å². The normalized spacial score (nSPS) is 25.1. The number of nitrogens with zero attached hydrogens (tertiary/aromatic N) is 1. The summed E-state index contributed by atoms with van der Waals surface area (Å²) in [4.78, 5) is 15.3. The van der Waals surface area contributed by atoms with E-state index in [0.717, 1.165) is 17.5 Å². The maximum absolute atomic E-state index is 13.5. The van der Waals surface area contributed by atoms with Gasteiger partial charge in [0.2, 0.25) is 0 Å². The van der Waals surface area contributed by atoms with Crippen LogP contribution in [0.3, 0.4) is 0 Å². The largest absolute Gasteiger partial charge is 0.395 e. The molecule has 0 aliphatic carbocycles. The van der Waals surface area contributed by atoms with Gasteiger partial charge in [-0.3, -0.25) is 4.79 Å². The molecule has 2 N–H and O–H groups in total. The molecule has 0 unspecified atom stereocenters. The lowest BCUT2D eigenvalue weighted by atomic mass is 9.87. The molecule has 1 fully saturated rings. The first kappa shape index (κ1) is 19.1. The summed E-state index contributed by atoms with van der Waals surface area (Å²) in [7, 11) is 0. The van der Waals surface area contributed by atoms with Crippen LogP contribution in [0, 0.1) is 5.82 Å². The van der Waals surface area contributed by atoms with Gasteiger partial charge in [0.05, 0.1) is 25.3 Å². The zero-order chi connectivity index (χ0) is 19.5. The molecule has 2 aromatic rings. The number of carbonyl (C=O) groups excluding carboxylic acids is 1. The molecule has 6 heteroatoms. The van der Waals surface area contributed by atoms with Crippen molar-refractivity contribution < 1.29 is 19.0 Å². The molecule has 148 valence electrons. The summed E-state index contributed by atoms with van der Waals surface area (Å²) in [6, 6.07) is 14.1. The maximum Gasteiger partial charge on any atom is 0.252 e. The fourth-order valence-corrected chi connectivity index (χ4v) is 4.10. The highest BCUT2D eigenvalue weighted by molar-refractivity contribution is 5.82. The fraction of sp³-hybridized carbons (Fsp3) is 0.409. The molecule has 28 heavy (non-hydrogen) atoms. The topological polar surface area (TPSA) is 61.8 Å². The zero-order valence-corrected chi connectivity index (χ0v) is 15.7. The van der Waals surface area contributed by atoms with Crippen LogP contribution >= 0.6 is 0 Å². The van der Waals surface area contributed by atoms with Crippen molar-refractivity contribution in [3.63, 3.8) is 0 Å². The molecular formula is C22H25FN2O3. The van der Waals surface area contributed by atoms with Crippen molar-refractivity contribution in [1.82, 2.24) is 10.2 Å². The molecule has 1 amide bonds. The van der Waals surface area contributed by atoms with E-state index in [0.29, 0.717) is 26.1 Å². The molecule has 0 spiro atoms. The third-order valence-electron chi connectivity index (χ3n) is 5.59. The number of halogens is 1. The van der Waals surface area contributed by atoms with E-state index in [4.69, 9.17) is 4.74 Å².